The van der Waals surface area contributed by atoms with Crippen LogP contribution in [0, 0.1) is 0 Å². The van der Waals surface area contributed by atoms with Crippen LogP contribution in [-0.2, 0) is 21.4 Å². The lowest BCUT2D eigenvalue weighted by Crippen LogP contribution is -2.09. The molecule has 0 saturated heterocycles. The molecule has 0 aromatic heterocycles. The average molecular weight is 378 g/mol. The third kappa shape index (κ3) is 2.95. The Kier molecular flexibility index (Phi) is 4.11. The van der Waals surface area contributed by atoms with Gasteiger partial charge in [0.25, 0.3) is 0 Å². The Morgan fingerprint density at radius 3 is 2.86 bits per heavy atom. The van der Waals surface area contributed by atoms with Gasteiger partial charge in [-0.2, -0.15) is 0 Å². The van der Waals surface area contributed by atoms with Crippen molar-refractivity contribution in [1.82, 2.24) is 0 Å². The molecule has 1 heterocycles. The van der Waals surface area contributed by atoms with Gasteiger partial charge in [0, 0.05) is 17.5 Å². The third-order valence-electron chi connectivity index (χ3n) is 6.65. The van der Waals surface area contributed by atoms with Gasteiger partial charge in [0.05, 0.1) is 20.1 Å². The molecule has 146 valence electrons. The van der Waals surface area contributed by atoms with Gasteiger partial charge < -0.3 is 14.2 Å². The number of benzene rings is 2. The van der Waals surface area contributed by atoms with Crippen molar-refractivity contribution in [1.29, 1.82) is 0 Å². The van der Waals surface area contributed by atoms with E-state index in [2.05, 4.69) is 25.1 Å². The van der Waals surface area contributed by atoms with Gasteiger partial charge in [-0.15, -0.1) is 0 Å². The van der Waals surface area contributed by atoms with Crippen LogP contribution in [0.3, 0.4) is 0 Å². The van der Waals surface area contributed by atoms with Crippen molar-refractivity contribution in [3.05, 3.63) is 58.7 Å². The smallest absolute Gasteiger partial charge is 0.306 e. The highest BCUT2D eigenvalue weighted by Crippen LogP contribution is 2.51. The van der Waals surface area contributed by atoms with Crippen molar-refractivity contribution in [2.45, 2.75) is 56.5 Å². The van der Waals surface area contributed by atoms with Crippen LogP contribution in [0.2, 0.25) is 0 Å². The molecule has 2 aromatic rings. The normalized spacial score (nSPS) is 23.5. The molecule has 28 heavy (non-hydrogen) atoms. The first-order valence-electron chi connectivity index (χ1n) is 10.2. The first-order chi connectivity index (χ1) is 13.6. The van der Waals surface area contributed by atoms with Crippen LogP contribution in [0.1, 0.15) is 66.9 Å². The predicted octanol–water partition coefficient (Wildman–Crippen LogP) is 4.84. The van der Waals surface area contributed by atoms with E-state index >= 15 is 0 Å². The van der Waals surface area contributed by atoms with E-state index in [4.69, 9.17) is 14.2 Å². The number of fused-ring (bicyclic) bond motifs is 2. The second kappa shape index (κ2) is 6.54. The van der Waals surface area contributed by atoms with Crippen LogP contribution in [0.15, 0.2) is 36.4 Å². The summed E-state index contributed by atoms with van der Waals surface area (Å²) in [6.45, 7) is 2.89. The molecule has 0 bridgehead atoms. The zero-order valence-electron chi connectivity index (χ0n) is 16.5. The van der Waals surface area contributed by atoms with Gasteiger partial charge in [-0.3, -0.25) is 4.79 Å². The Labute approximate surface area is 165 Å². The minimum atomic E-state index is -0.204. The predicted molar refractivity (Wildman–Crippen MR) is 106 cm³/mol. The average Bonchev–Trinajstić information content (AvgIpc) is 3.15. The number of methoxy groups -OCH3 is 1. The fourth-order valence-corrected chi connectivity index (χ4v) is 4.71. The molecule has 1 saturated carbocycles. The highest BCUT2D eigenvalue weighted by Gasteiger charge is 2.42. The van der Waals surface area contributed by atoms with Crippen LogP contribution in [0.4, 0.5) is 0 Å². The molecule has 4 nitrogen and oxygen atoms in total. The Morgan fingerprint density at radius 1 is 1.21 bits per heavy atom. The Morgan fingerprint density at radius 2 is 2.07 bits per heavy atom. The van der Waals surface area contributed by atoms with Gasteiger partial charge in [-0.1, -0.05) is 31.2 Å². The summed E-state index contributed by atoms with van der Waals surface area (Å²) in [5.41, 5.74) is 5.82. The van der Waals surface area contributed by atoms with Crippen molar-refractivity contribution in [3.8, 4) is 11.5 Å². The van der Waals surface area contributed by atoms with Gasteiger partial charge in [-0.25, -0.2) is 0 Å². The van der Waals surface area contributed by atoms with Crippen LogP contribution in [0.5, 0.6) is 11.5 Å². The molecule has 1 aliphatic heterocycles. The maximum Gasteiger partial charge on any atom is 0.306 e. The molecule has 2 aromatic carbocycles. The standard InChI is InChI=1S/C24H26O4/c1-24(10-11-24)20-5-3-4-19-18(20)8-9-21(19)28-16-6-7-17-15(12-23(25)26-2)14-27-22(17)13-16/h3-7,13,15,21H,8-12,14H2,1-2H3/t15?,21-/m0/s1. The summed E-state index contributed by atoms with van der Waals surface area (Å²) in [5, 5.41) is 0. The molecule has 0 amide bonds. The zero-order valence-corrected chi connectivity index (χ0v) is 16.5. The number of carbonyl (C=O) groups excluding carboxylic acids is 1. The van der Waals surface area contributed by atoms with Crippen LogP contribution in [-0.4, -0.2) is 19.7 Å². The van der Waals surface area contributed by atoms with Crippen molar-refractivity contribution in [2.75, 3.05) is 13.7 Å². The third-order valence-corrected chi connectivity index (χ3v) is 6.65. The van der Waals surface area contributed by atoms with E-state index in [0.29, 0.717) is 18.4 Å². The first-order valence-corrected chi connectivity index (χ1v) is 10.2. The summed E-state index contributed by atoms with van der Waals surface area (Å²) in [6, 6.07) is 12.7. The lowest BCUT2D eigenvalue weighted by Gasteiger charge is -2.18. The van der Waals surface area contributed by atoms with E-state index in [-0.39, 0.29) is 18.0 Å². The van der Waals surface area contributed by atoms with Gasteiger partial charge >= 0.3 is 5.97 Å². The van der Waals surface area contributed by atoms with Gasteiger partial charge in [0.15, 0.2) is 0 Å². The first kappa shape index (κ1) is 17.6. The van der Waals surface area contributed by atoms with Crippen molar-refractivity contribution in [3.63, 3.8) is 0 Å². The molecule has 0 radical (unpaired) electrons. The molecule has 1 unspecified atom stereocenters. The zero-order chi connectivity index (χ0) is 19.3. The topological polar surface area (TPSA) is 44.8 Å². The minimum absolute atomic E-state index is 0.0607. The van der Waals surface area contributed by atoms with E-state index in [1.54, 1.807) is 0 Å². The van der Waals surface area contributed by atoms with Crippen molar-refractivity contribution in [2.24, 2.45) is 0 Å². The summed E-state index contributed by atoms with van der Waals surface area (Å²) < 4.78 is 17.0. The van der Waals surface area contributed by atoms with E-state index in [0.717, 1.165) is 29.9 Å². The molecule has 1 fully saturated rings. The molecule has 0 spiro atoms. The van der Waals surface area contributed by atoms with Gasteiger partial charge in [0.1, 0.15) is 17.6 Å². The van der Waals surface area contributed by atoms with E-state index in [1.165, 1.54) is 36.6 Å². The minimum Gasteiger partial charge on any atom is -0.492 e. The van der Waals surface area contributed by atoms with Crippen molar-refractivity contribution >= 4 is 5.97 Å². The molecule has 2 aliphatic carbocycles. The molecule has 3 aliphatic rings. The maximum absolute atomic E-state index is 11.6. The Bertz CT molecular complexity index is 928. The molecular formula is C24H26O4. The fourth-order valence-electron chi connectivity index (χ4n) is 4.71. The monoisotopic (exact) mass is 378 g/mol. The molecule has 4 heteroatoms. The number of esters is 1. The van der Waals surface area contributed by atoms with Gasteiger partial charge in [-0.05, 0) is 53.9 Å². The Hall–Kier alpha value is -2.49. The summed E-state index contributed by atoms with van der Waals surface area (Å²) in [5.74, 6) is 1.51. The molecule has 5 rings (SSSR count). The maximum atomic E-state index is 11.6. The number of carbonyl (C=O) groups is 1. The highest BCUT2D eigenvalue weighted by atomic mass is 16.5. The SMILES string of the molecule is COC(=O)CC1COc2cc(O[C@H]3CCc4c3cccc4C3(C)CC3)ccc21. The lowest BCUT2D eigenvalue weighted by molar-refractivity contribution is -0.141. The van der Waals surface area contributed by atoms with Crippen LogP contribution in [0.25, 0.3) is 0 Å². The molecular weight excluding hydrogens is 352 g/mol. The van der Waals surface area contributed by atoms with Crippen molar-refractivity contribution < 1.29 is 19.0 Å². The number of hydrogen-bond donors (Lipinski definition) is 0. The number of hydrogen-bond acceptors (Lipinski definition) is 4. The largest absolute Gasteiger partial charge is 0.492 e. The van der Waals surface area contributed by atoms with Gasteiger partial charge in [0.2, 0.25) is 0 Å². The summed E-state index contributed by atoms with van der Waals surface area (Å²) in [6.07, 6.45) is 5.15. The summed E-state index contributed by atoms with van der Waals surface area (Å²) >= 11 is 0. The summed E-state index contributed by atoms with van der Waals surface area (Å²) in [4.78, 5) is 11.6. The highest BCUT2D eigenvalue weighted by molar-refractivity contribution is 5.71. The number of ether oxygens (including phenoxy) is 3. The van der Waals surface area contributed by atoms with E-state index in [9.17, 15) is 4.79 Å². The second-order valence-corrected chi connectivity index (χ2v) is 8.57. The summed E-state index contributed by atoms with van der Waals surface area (Å²) in [7, 11) is 1.42. The van der Waals surface area contributed by atoms with Crippen LogP contribution >= 0.6 is 0 Å². The fraction of sp³-hybridized carbons (Fsp3) is 0.458. The molecule has 0 N–H and O–H groups in total. The quantitative estimate of drug-likeness (QED) is 0.698. The Balaban J connectivity index is 1.35. The van der Waals surface area contributed by atoms with E-state index in [1.807, 2.05) is 18.2 Å². The van der Waals surface area contributed by atoms with Crippen LogP contribution < -0.4 is 9.47 Å². The van der Waals surface area contributed by atoms with E-state index < -0.39 is 0 Å². The second-order valence-electron chi connectivity index (χ2n) is 8.57. The molecule has 2 atom stereocenters. The lowest BCUT2D eigenvalue weighted by atomic mass is 9.91. The number of rotatable bonds is 5.